The lowest BCUT2D eigenvalue weighted by atomic mass is 9.79. The molecule has 2 amide bonds. The van der Waals surface area contributed by atoms with Crippen LogP contribution in [0.3, 0.4) is 0 Å². The molecule has 0 saturated carbocycles. The number of carbonyl (C=O) groups excluding carboxylic acids is 2. The molecule has 39 heavy (non-hydrogen) atoms. The molecule has 0 fully saturated rings. The van der Waals surface area contributed by atoms with Crippen molar-refractivity contribution in [3.8, 4) is 0 Å². The maximum absolute atomic E-state index is 13.6. The minimum Gasteiger partial charge on any atom is -0.356 e. The molecular formula is C32H32N4O2S. The number of anilines is 2. The predicted octanol–water partition coefficient (Wildman–Crippen LogP) is 5.96. The van der Waals surface area contributed by atoms with Crippen LogP contribution in [0.2, 0.25) is 0 Å². The molecule has 1 unspecified atom stereocenters. The van der Waals surface area contributed by atoms with Crippen LogP contribution in [0.5, 0.6) is 0 Å². The standard InChI is InChI=1S/C32H32N4O2S/c1-5-33-27(29(37)36-18-28-25(12-13-39-28)31(3,4)19-36)14-20(2)34-23-11-10-21-16-32(17-22(21)15-23)24-8-6-7-9-26(24)35-30(32)38/h5-15,34H,2,16-19H2,1,3-4H3,(H,35,38)/b27-14-,33-5?. The first-order chi connectivity index (χ1) is 18.7. The van der Waals surface area contributed by atoms with Gasteiger partial charge in [0.15, 0.2) is 0 Å². The largest absolute Gasteiger partial charge is 0.356 e. The molecule has 198 valence electrons. The van der Waals surface area contributed by atoms with Gasteiger partial charge in [0, 0.05) is 40.1 Å². The fourth-order valence-corrected chi connectivity index (χ4v) is 7.39. The van der Waals surface area contributed by atoms with Crippen molar-refractivity contribution in [2.75, 3.05) is 17.2 Å². The third kappa shape index (κ3) is 4.31. The molecule has 0 saturated heterocycles. The van der Waals surface area contributed by atoms with E-state index in [1.165, 1.54) is 16.0 Å². The smallest absolute Gasteiger partial charge is 0.272 e. The lowest BCUT2D eigenvalue weighted by Crippen LogP contribution is -2.44. The number of nitrogens with zero attached hydrogens (tertiary/aromatic N) is 2. The van der Waals surface area contributed by atoms with E-state index in [0.29, 0.717) is 37.3 Å². The molecule has 6 nitrogen and oxygen atoms in total. The van der Waals surface area contributed by atoms with E-state index in [2.05, 4.69) is 65.7 Å². The number of hydrogen-bond acceptors (Lipinski definition) is 5. The molecule has 0 bridgehead atoms. The van der Waals surface area contributed by atoms with Gasteiger partial charge in [-0.15, -0.1) is 11.3 Å². The average molecular weight is 537 g/mol. The Balaban J connectivity index is 1.20. The fourth-order valence-electron chi connectivity index (χ4n) is 6.32. The maximum atomic E-state index is 13.6. The number of carbonyl (C=O) groups is 2. The van der Waals surface area contributed by atoms with E-state index in [4.69, 9.17) is 0 Å². The molecule has 0 radical (unpaired) electrons. The number of amides is 2. The number of fused-ring (bicyclic) bond motifs is 4. The first kappa shape index (κ1) is 25.3. The molecule has 3 aliphatic rings. The second-order valence-electron chi connectivity index (χ2n) is 11.3. The SMILES string of the molecule is C=C(/C=C(\N=CC)C(=O)N1Cc2sccc2C(C)(C)C1)Nc1ccc2c(c1)CC1(C2)C(=O)Nc2ccccc21. The summed E-state index contributed by atoms with van der Waals surface area (Å²) in [7, 11) is 0. The zero-order valence-corrected chi connectivity index (χ0v) is 23.3. The normalized spacial score (nSPS) is 21.1. The molecular weight excluding hydrogens is 504 g/mol. The van der Waals surface area contributed by atoms with Crippen LogP contribution in [0.25, 0.3) is 0 Å². The van der Waals surface area contributed by atoms with Crippen molar-refractivity contribution in [3.63, 3.8) is 0 Å². The number of aliphatic imine (C=N–C) groups is 1. The zero-order valence-electron chi connectivity index (χ0n) is 22.5. The van der Waals surface area contributed by atoms with Gasteiger partial charge >= 0.3 is 0 Å². The van der Waals surface area contributed by atoms with Crippen LogP contribution in [0.4, 0.5) is 11.4 Å². The quantitative estimate of drug-likeness (QED) is 0.240. The summed E-state index contributed by atoms with van der Waals surface area (Å²) in [6, 6.07) is 16.3. The van der Waals surface area contributed by atoms with Crippen molar-refractivity contribution in [2.45, 2.75) is 51.0 Å². The second kappa shape index (κ2) is 9.35. The van der Waals surface area contributed by atoms with Crippen LogP contribution < -0.4 is 10.6 Å². The molecule has 1 spiro atoms. The van der Waals surface area contributed by atoms with Crippen molar-refractivity contribution in [2.24, 2.45) is 4.99 Å². The van der Waals surface area contributed by atoms with Gasteiger partial charge in [0.25, 0.3) is 5.91 Å². The monoisotopic (exact) mass is 536 g/mol. The molecule has 3 aromatic rings. The summed E-state index contributed by atoms with van der Waals surface area (Å²) in [4.78, 5) is 34.1. The van der Waals surface area contributed by atoms with Gasteiger partial charge in [0.1, 0.15) is 5.70 Å². The summed E-state index contributed by atoms with van der Waals surface area (Å²) in [5, 5.41) is 8.51. The van der Waals surface area contributed by atoms with Gasteiger partial charge in [-0.05, 0) is 77.7 Å². The van der Waals surface area contributed by atoms with Gasteiger partial charge in [-0.25, -0.2) is 0 Å². The third-order valence-corrected chi connectivity index (χ3v) is 9.01. The Hall–Kier alpha value is -3.97. The fraction of sp³-hybridized carbons (Fsp3) is 0.281. The van der Waals surface area contributed by atoms with Crippen molar-refractivity contribution >= 4 is 40.7 Å². The summed E-state index contributed by atoms with van der Waals surface area (Å²) in [6.45, 7) is 11.6. The maximum Gasteiger partial charge on any atom is 0.272 e. The van der Waals surface area contributed by atoms with Gasteiger partial charge in [-0.1, -0.05) is 44.7 Å². The Labute approximate surface area is 233 Å². The summed E-state index contributed by atoms with van der Waals surface area (Å²) >= 11 is 1.70. The van der Waals surface area contributed by atoms with Gasteiger partial charge in [0.2, 0.25) is 5.91 Å². The highest BCUT2D eigenvalue weighted by Gasteiger charge is 2.50. The number of thiophene rings is 1. The van der Waals surface area contributed by atoms with E-state index in [9.17, 15) is 9.59 Å². The van der Waals surface area contributed by atoms with Gasteiger partial charge in [-0.2, -0.15) is 0 Å². The number of benzene rings is 2. The number of rotatable bonds is 5. The van der Waals surface area contributed by atoms with E-state index in [1.807, 2.05) is 36.1 Å². The summed E-state index contributed by atoms with van der Waals surface area (Å²) in [5.41, 5.74) is 6.77. The van der Waals surface area contributed by atoms with E-state index in [1.54, 1.807) is 23.6 Å². The molecule has 1 aliphatic carbocycles. The molecule has 3 heterocycles. The molecule has 2 N–H and O–H groups in total. The van der Waals surface area contributed by atoms with Crippen LogP contribution in [0.15, 0.2) is 83.0 Å². The van der Waals surface area contributed by atoms with Crippen molar-refractivity contribution in [1.29, 1.82) is 0 Å². The minimum atomic E-state index is -0.547. The Kier molecular flexibility index (Phi) is 6.07. The summed E-state index contributed by atoms with van der Waals surface area (Å²) in [6.07, 6.45) is 4.70. The highest BCUT2D eigenvalue weighted by atomic mass is 32.1. The van der Waals surface area contributed by atoms with Crippen LogP contribution >= 0.6 is 11.3 Å². The van der Waals surface area contributed by atoms with E-state index in [-0.39, 0.29) is 17.2 Å². The molecule has 2 aromatic carbocycles. The lowest BCUT2D eigenvalue weighted by Gasteiger charge is -2.38. The Morgan fingerprint density at radius 2 is 1.92 bits per heavy atom. The highest BCUT2D eigenvalue weighted by Crippen LogP contribution is 2.47. The Morgan fingerprint density at radius 1 is 1.13 bits per heavy atom. The van der Waals surface area contributed by atoms with Gasteiger partial charge < -0.3 is 15.5 Å². The van der Waals surface area contributed by atoms with Crippen molar-refractivity contribution in [1.82, 2.24) is 4.90 Å². The predicted molar refractivity (Wildman–Crippen MR) is 158 cm³/mol. The molecule has 2 aliphatic heterocycles. The molecule has 1 atom stereocenters. The third-order valence-electron chi connectivity index (χ3n) is 8.10. The lowest BCUT2D eigenvalue weighted by molar-refractivity contribution is -0.129. The highest BCUT2D eigenvalue weighted by molar-refractivity contribution is 7.10. The summed E-state index contributed by atoms with van der Waals surface area (Å²) in [5.74, 6) is -0.0390. The molecule has 1 aromatic heterocycles. The van der Waals surface area contributed by atoms with E-state index in [0.717, 1.165) is 22.5 Å². The van der Waals surface area contributed by atoms with E-state index < -0.39 is 5.41 Å². The van der Waals surface area contributed by atoms with Gasteiger partial charge in [-0.3, -0.25) is 14.6 Å². The number of nitrogens with one attached hydrogen (secondary N) is 2. The average Bonchev–Trinajstić information content (AvgIpc) is 3.60. The molecule has 6 rings (SSSR count). The molecule has 7 heteroatoms. The van der Waals surface area contributed by atoms with E-state index >= 15 is 0 Å². The zero-order chi connectivity index (χ0) is 27.4. The number of allylic oxidation sites excluding steroid dienone is 1. The number of hydrogen-bond donors (Lipinski definition) is 2. The minimum absolute atomic E-state index is 0.0675. The topological polar surface area (TPSA) is 73.8 Å². The Morgan fingerprint density at radius 3 is 2.74 bits per heavy atom. The number of para-hydroxylation sites is 1. The second-order valence-corrected chi connectivity index (χ2v) is 12.3. The van der Waals surface area contributed by atoms with Crippen molar-refractivity contribution in [3.05, 3.63) is 105 Å². The van der Waals surface area contributed by atoms with Crippen molar-refractivity contribution < 1.29 is 9.59 Å². The Bertz CT molecular complexity index is 1580. The first-order valence-corrected chi connectivity index (χ1v) is 14.1. The first-order valence-electron chi connectivity index (χ1n) is 13.3. The van der Waals surface area contributed by atoms with Crippen LogP contribution in [-0.4, -0.2) is 29.5 Å². The van der Waals surface area contributed by atoms with Crippen LogP contribution in [-0.2, 0) is 39.8 Å². The van der Waals surface area contributed by atoms with Crippen LogP contribution in [0.1, 0.15) is 47.9 Å². The van der Waals surface area contributed by atoms with Crippen LogP contribution in [0, 0.1) is 0 Å². The summed E-state index contributed by atoms with van der Waals surface area (Å²) < 4.78 is 0. The van der Waals surface area contributed by atoms with Gasteiger partial charge in [0.05, 0.1) is 12.0 Å².